The Morgan fingerprint density at radius 1 is 1.00 bits per heavy atom. The van der Waals surface area contributed by atoms with Crippen LogP contribution in [0.2, 0.25) is 0 Å². The Balaban J connectivity index is 1.94. The SMILES string of the molecule is OC1(c2ccc(F)c3ccccc23)C2CCCC21. The molecule has 0 bridgehead atoms. The van der Waals surface area contributed by atoms with Crippen LogP contribution in [0.5, 0.6) is 0 Å². The largest absolute Gasteiger partial charge is 0.385 e. The van der Waals surface area contributed by atoms with E-state index in [1.54, 1.807) is 12.1 Å². The molecule has 2 unspecified atom stereocenters. The summed E-state index contributed by atoms with van der Waals surface area (Å²) in [4.78, 5) is 0. The van der Waals surface area contributed by atoms with Crippen molar-refractivity contribution in [3.8, 4) is 0 Å². The summed E-state index contributed by atoms with van der Waals surface area (Å²) in [5, 5.41) is 12.3. The van der Waals surface area contributed by atoms with E-state index < -0.39 is 5.60 Å². The first-order chi connectivity index (χ1) is 8.73. The molecule has 1 nitrogen and oxygen atoms in total. The molecule has 0 spiro atoms. The normalized spacial score (nSPS) is 33.7. The summed E-state index contributed by atoms with van der Waals surface area (Å²) in [6, 6.07) is 10.7. The van der Waals surface area contributed by atoms with Crippen molar-refractivity contribution in [1.82, 2.24) is 0 Å². The van der Waals surface area contributed by atoms with E-state index in [1.165, 1.54) is 12.5 Å². The molecule has 92 valence electrons. The van der Waals surface area contributed by atoms with Crippen LogP contribution in [-0.2, 0) is 5.60 Å². The van der Waals surface area contributed by atoms with E-state index in [2.05, 4.69) is 0 Å². The van der Waals surface area contributed by atoms with Crippen LogP contribution < -0.4 is 0 Å². The first-order valence-corrected chi connectivity index (χ1v) is 6.63. The molecule has 1 N–H and O–H groups in total. The van der Waals surface area contributed by atoms with Crippen LogP contribution in [-0.4, -0.2) is 5.11 Å². The average molecular weight is 242 g/mol. The maximum atomic E-state index is 13.8. The molecule has 2 atom stereocenters. The molecular weight excluding hydrogens is 227 g/mol. The third-order valence-corrected chi connectivity index (χ3v) is 4.84. The fourth-order valence-electron chi connectivity index (χ4n) is 3.93. The summed E-state index contributed by atoms with van der Waals surface area (Å²) in [6.07, 6.45) is 3.43. The number of benzene rings is 2. The van der Waals surface area contributed by atoms with Crippen LogP contribution in [0.15, 0.2) is 36.4 Å². The lowest BCUT2D eigenvalue weighted by Crippen LogP contribution is -2.13. The Hall–Kier alpha value is -1.41. The molecule has 4 rings (SSSR count). The van der Waals surface area contributed by atoms with Gasteiger partial charge in [-0.25, -0.2) is 4.39 Å². The van der Waals surface area contributed by atoms with Crippen LogP contribution in [0, 0.1) is 17.7 Å². The highest BCUT2D eigenvalue weighted by Crippen LogP contribution is 2.66. The fourth-order valence-corrected chi connectivity index (χ4v) is 3.93. The maximum absolute atomic E-state index is 13.8. The van der Waals surface area contributed by atoms with Crippen molar-refractivity contribution in [2.24, 2.45) is 11.8 Å². The molecular formula is C16H15FO. The van der Waals surface area contributed by atoms with E-state index in [9.17, 15) is 9.50 Å². The fraction of sp³-hybridized carbons (Fsp3) is 0.375. The van der Waals surface area contributed by atoms with E-state index in [0.29, 0.717) is 17.2 Å². The van der Waals surface area contributed by atoms with Crippen LogP contribution >= 0.6 is 0 Å². The highest BCUT2D eigenvalue weighted by Gasteiger charge is 2.66. The summed E-state index contributed by atoms with van der Waals surface area (Å²) in [7, 11) is 0. The van der Waals surface area contributed by atoms with Crippen molar-refractivity contribution in [2.75, 3.05) is 0 Å². The summed E-state index contributed by atoms with van der Waals surface area (Å²) < 4.78 is 13.8. The summed E-state index contributed by atoms with van der Waals surface area (Å²) >= 11 is 0. The van der Waals surface area contributed by atoms with Crippen molar-refractivity contribution in [2.45, 2.75) is 24.9 Å². The second kappa shape index (κ2) is 3.33. The van der Waals surface area contributed by atoms with E-state index in [1.807, 2.05) is 18.2 Å². The van der Waals surface area contributed by atoms with Crippen molar-refractivity contribution in [3.63, 3.8) is 0 Å². The summed E-state index contributed by atoms with van der Waals surface area (Å²) in [6.45, 7) is 0. The zero-order chi connectivity index (χ0) is 12.3. The second-order valence-corrected chi connectivity index (χ2v) is 5.61. The highest BCUT2D eigenvalue weighted by atomic mass is 19.1. The second-order valence-electron chi connectivity index (χ2n) is 5.61. The molecule has 0 aromatic heterocycles. The minimum atomic E-state index is -0.689. The number of halogens is 1. The zero-order valence-corrected chi connectivity index (χ0v) is 10.1. The van der Waals surface area contributed by atoms with E-state index in [4.69, 9.17) is 0 Å². The lowest BCUT2D eigenvalue weighted by molar-refractivity contribution is 0.107. The third-order valence-electron chi connectivity index (χ3n) is 4.84. The molecule has 2 heteroatoms. The smallest absolute Gasteiger partial charge is 0.131 e. The Labute approximate surface area is 105 Å². The lowest BCUT2D eigenvalue weighted by atomic mass is 9.93. The summed E-state index contributed by atoms with van der Waals surface area (Å²) in [5.41, 5.74) is 0.236. The number of rotatable bonds is 1. The van der Waals surface area contributed by atoms with Crippen molar-refractivity contribution < 1.29 is 9.50 Å². The number of fused-ring (bicyclic) bond motifs is 2. The first kappa shape index (κ1) is 10.5. The van der Waals surface area contributed by atoms with Gasteiger partial charge in [-0.05, 0) is 41.7 Å². The van der Waals surface area contributed by atoms with Gasteiger partial charge in [0, 0.05) is 5.39 Å². The molecule has 0 aliphatic heterocycles. The molecule has 2 saturated carbocycles. The molecule has 2 aliphatic rings. The molecule has 2 fully saturated rings. The van der Waals surface area contributed by atoms with Gasteiger partial charge >= 0.3 is 0 Å². The quantitative estimate of drug-likeness (QED) is 0.810. The van der Waals surface area contributed by atoms with Crippen LogP contribution in [0.25, 0.3) is 10.8 Å². The maximum Gasteiger partial charge on any atom is 0.131 e. The Morgan fingerprint density at radius 2 is 1.67 bits per heavy atom. The van der Waals surface area contributed by atoms with Gasteiger partial charge in [0.1, 0.15) is 5.82 Å². The topological polar surface area (TPSA) is 20.2 Å². The van der Waals surface area contributed by atoms with Crippen molar-refractivity contribution in [3.05, 3.63) is 47.8 Å². The zero-order valence-electron chi connectivity index (χ0n) is 10.1. The van der Waals surface area contributed by atoms with Crippen molar-refractivity contribution >= 4 is 10.8 Å². The van der Waals surface area contributed by atoms with Crippen molar-refractivity contribution in [1.29, 1.82) is 0 Å². The number of aliphatic hydroxyl groups is 1. The Bertz CT molecular complexity index is 624. The first-order valence-electron chi connectivity index (χ1n) is 6.63. The molecule has 0 heterocycles. The highest BCUT2D eigenvalue weighted by molar-refractivity contribution is 5.87. The molecule has 2 aromatic carbocycles. The molecule has 2 aliphatic carbocycles. The standard InChI is InChI=1S/C16H15FO/c17-15-9-8-12(10-4-1-2-5-11(10)15)16(18)13-6-3-7-14(13)16/h1-2,4-5,8-9,13-14,18H,3,6-7H2. The van der Waals surface area contributed by atoms with Gasteiger partial charge in [0.15, 0.2) is 0 Å². The molecule has 18 heavy (non-hydrogen) atoms. The molecule has 2 aromatic rings. The predicted molar refractivity (Wildman–Crippen MR) is 68.6 cm³/mol. The minimum absolute atomic E-state index is 0.205. The number of hydrogen-bond donors (Lipinski definition) is 1. The minimum Gasteiger partial charge on any atom is -0.385 e. The average Bonchev–Trinajstić information content (AvgIpc) is 2.80. The predicted octanol–water partition coefficient (Wildman–Crippen LogP) is 3.60. The van der Waals surface area contributed by atoms with Gasteiger partial charge in [-0.3, -0.25) is 0 Å². The van der Waals surface area contributed by atoms with Gasteiger partial charge in [-0.2, -0.15) is 0 Å². The van der Waals surface area contributed by atoms with Gasteiger partial charge in [-0.15, -0.1) is 0 Å². The Kier molecular flexibility index (Phi) is 1.94. The third kappa shape index (κ3) is 1.14. The number of hydrogen-bond acceptors (Lipinski definition) is 1. The molecule has 0 amide bonds. The van der Waals surface area contributed by atoms with Gasteiger partial charge in [0.2, 0.25) is 0 Å². The van der Waals surface area contributed by atoms with Gasteiger partial charge in [0.05, 0.1) is 5.60 Å². The van der Waals surface area contributed by atoms with Crippen LogP contribution in [0.1, 0.15) is 24.8 Å². The van der Waals surface area contributed by atoms with E-state index in [0.717, 1.165) is 23.8 Å². The van der Waals surface area contributed by atoms with Gasteiger partial charge in [-0.1, -0.05) is 36.8 Å². The molecule has 0 saturated heterocycles. The van der Waals surface area contributed by atoms with Crippen LogP contribution in [0.4, 0.5) is 4.39 Å². The monoisotopic (exact) mass is 242 g/mol. The molecule has 0 radical (unpaired) electrons. The Morgan fingerprint density at radius 3 is 2.39 bits per heavy atom. The van der Waals surface area contributed by atoms with Crippen LogP contribution in [0.3, 0.4) is 0 Å². The van der Waals surface area contributed by atoms with E-state index in [-0.39, 0.29) is 5.82 Å². The lowest BCUT2D eigenvalue weighted by Gasteiger charge is -2.17. The van der Waals surface area contributed by atoms with E-state index >= 15 is 0 Å². The van der Waals surface area contributed by atoms with Gasteiger partial charge in [0.25, 0.3) is 0 Å². The van der Waals surface area contributed by atoms with Gasteiger partial charge < -0.3 is 5.11 Å². The summed E-state index contributed by atoms with van der Waals surface area (Å²) in [5.74, 6) is 0.585.